The molecule has 0 aliphatic heterocycles. The van der Waals surface area contributed by atoms with Gasteiger partial charge in [-0.1, -0.05) is 0 Å². The average molecular weight is 141 g/mol. The van der Waals surface area contributed by atoms with Gasteiger partial charge in [0.2, 0.25) is 0 Å². The van der Waals surface area contributed by atoms with Crippen LogP contribution in [0, 0.1) is 11.8 Å². The first-order valence-corrected chi connectivity index (χ1v) is 2.69. The Labute approximate surface area is 58.2 Å². The fourth-order valence-electron chi connectivity index (χ4n) is 0.315. The smallest absolute Gasteiger partial charge is 0.382 e. The van der Waals surface area contributed by atoms with E-state index in [1.165, 1.54) is 0 Å². The van der Waals surface area contributed by atoms with Crippen molar-refractivity contribution in [3.63, 3.8) is 0 Å². The Hall–Kier alpha value is -1.50. The maximum Gasteiger partial charge on any atom is 0.382 e. The molecule has 0 aromatic rings. The summed E-state index contributed by atoms with van der Waals surface area (Å²) in [4.78, 5) is 20.2. The van der Waals surface area contributed by atoms with Gasteiger partial charge in [0.05, 0.1) is 0 Å². The molecule has 54 valence electrons. The van der Waals surface area contributed by atoms with E-state index >= 15 is 0 Å². The number of carbonyl (C=O) groups excluding carboxylic acids is 1. The fourth-order valence-corrected chi connectivity index (χ4v) is 0.315. The summed E-state index contributed by atoms with van der Waals surface area (Å²) in [6.07, 6.45) is 0. The Morgan fingerprint density at radius 1 is 1.50 bits per heavy atom. The van der Waals surface area contributed by atoms with Crippen molar-refractivity contribution >= 4 is 11.9 Å². The molecule has 0 bridgehead atoms. The highest BCUT2D eigenvalue weighted by Gasteiger charge is 1.90. The SMILES string of the molecule is CCNC(=O)C#CC(=O)O. The largest absolute Gasteiger partial charge is 0.472 e. The van der Waals surface area contributed by atoms with Crippen molar-refractivity contribution in [2.75, 3.05) is 6.54 Å². The van der Waals surface area contributed by atoms with Crippen LogP contribution in [0.25, 0.3) is 0 Å². The Balaban J connectivity index is 3.81. The van der Waals surface area contributed by atoms with Crippen LogP contribution < -0.4 is 5.32 Å². The van der Waals surface area contributed by atoms with Crippen molar-refractivity contribution in [2.45, 2.75) is 6.92 Å². The molecule has 1 amide bonds. The quantitative estimate of drug-likeness (QED) is 0.470. The highest BCUT2D eigenvalue weighted by Crippen LogP contribution is 1.61. The Morgan fingerprint density at radius 3 is 2.50 bits per heavy atom. The van der Waals surface area contributed by atoms with Gasteiger partial charge in [-0.15, -0.1) is 0 Å². The zero-order chi connectivity index (χ0) is 7.98. The van der Waals surface area contributed by atoms with Crippen LogP contribution in [0.3, 0.4) is 0 Å². The van der Waals surface area contributed by atoms with Gasteiger partial charge in [-0.2, -0.15) is 0 Å². The van der Waals surface area contributed by atoms with Gasteiger partial charge in [0.25, 0.3) is 5.91 Å². The third-order valence-electron chi connectivity index (χ3n) is 0.620. The molecule has 0 aromatic carbocycles. The van der Waals surface area contributed by atoms with E-state index in [1.807, 2.05) is 5.92 Å². The zero-order valence-corrected chi connectivity index (χ0v) is 5.47. The second-order valence-electron chi connectivity index (χ2n) is 1.41. The Morgan fingerprint density at radius 2 is 2.10 bits per heavy atom. The first kappa shape index (κ1) is 8.50. The predicted molar refractivity (Wildman–Crippen MR) is 34.1 cm³/mol. The molecule has 0 heterocycles. The van der Waals surface area contributed by atoms with Crippen molar-refractivity contribution in [1.29, 1.82) is 0 Å². The van der Waals surface area contributed by atoms with Gasteiger partial charge >= 0.3 is 5.97 Å². The van der Waals surface area contributed by atoms with Crippen LogP contribution in [0.4, 0.5) is 0 Å². The van der Waals surface area contributed by atoms with Gasteiger partial charge in [0, 0.05) is 18.4 Å². The molecular weight excluding hydrogens is 134 g/mol. The summed E-state index contributed by atoms with van der Waals surface area (Å²) in [6.45, 7) is 2.17. The highest BCUT2D eigenvalue weighted by molar-refractivity contribution is 6.00. The minimum atomic E-state index is -1.30. The van der Waals surface area contributed by atoms with Crippen LogP contribution in [0.1, 0.15) is 6.92 Å². The summed E-state index contributed by atoms with van der Waals surface area (Å²) >= 11 is 0. The van der Waals surface area contributed by atoms with E-state index < -0.39 is 11.9 Å². The predicted octanol–water partition coefficient (Wildman–Crippen LogP) is -0.790. The molecule has 0 aliphatic carbocycles. The van der Waals surface area contributed by atoms with Crippen LogP contribution in [0.2, 0.25) is 0 Å². The van der Waals surface area contributed by atoms with Gasteiger partial charge in [0.1, 0.15) is 0 Å². The highest BCUT2D eigenvalue weighted by atomic mass is 16.4. The fraction of sp³-hybridized carbons (Fsp3) is 0.333. The maximum absolute atomic E-state index is 10.4. The summed E-state index contributed by atoms with van der Waals surface area (Å²) in [5.41, 5.74) is 0. The molecule has 0 atom stereocenters. The summed E-state index contributed by atoms with van der Waals surface area (Å²) in [7, 11) is 0. The molecule has 10 heavy (non-hydrogen) atoms. The minimum absolute atomic E-state index is 0.452. The number of aliphatic carboxylic acids is 1. The maximum atomic E-state index is 10.4. The Bertz CT molecular complexity index is 199. The molecule has 0 saturated heterocycles. The lowest BCUT2D eigenvalue weighted by Gasteiger charge is -1.88. The molecular formula is C6H7NO3. The van der Waals surface area contributed by atoms with E-state index in [0.717, 1.165) is 0 Å². The van der Waals surface area contributed by atoms with Crippen molar-refractivity contribution in [2.24, 2.45) is 0 Å². The summed E-state index contributed by atoms with van der Waals surface area (Å²) in [5, 5.41) is 10.3. The van der Waals surface area contributed by atoms with E-state index in [0.29, 0.717) is 6.54 Å². The number of carbonyl (C=O) groups is 2. The van der Waals surface area contributed by atoms with E-state index in [4.69, 9.17) is 5.11 Å². The monoisotopic (exact) mass is 141 g/mol. The third-order valence-corrected chi connectivity index (χ3v) is 0.620. The van der Waals surface area contributed by atoms with Crippen LogP contribution in [0.5, 0.6) is 0 Å². The molecule has 0 aromatic heterocycles. The van der Waals surface area contributed by atoms with Crippen LogP contribution in [-0.4, -0.2) is 23.5 Å². The number of nitrogens with one attached hydrogen (secondary N) is 1. The molecule has 0 radical (unpaired) electrons. The summed E-state index contributed by atoms with van der Waals surface area (Å²) in [5.74, 6) is 1.70. The van der Waals surface area contributed by atoms with Crippen LogP contribution >= 0.6 is 0 Å². The Kier molecular flexibility index (Phi) is 3.73. The molecule has 0 spiro atoms. The minimum Gasteiger partial charge on any atom is -0.472 e. The standard InChI is InChI=1S/C6H7NO3/c1-2-7-5(8)3-4-6(9)10/h2H2,1H3,(H,7,8)(H,9,10). The number of hydrogen-bond donors (Lipinski definition) is 2. The third kappa shape index (κ3) is 4.65. The molecule has 2 N–H and O–H groups in total. The number of carboxylic acid groups (broad SMARTS) is 1. The van der Waals surface area contributed by atoms with Gasteiger partial charge in [-0.3, -0.25) is 4.79 Å². The topological polar surface area (TPSA) is 66.4 Å². The zero-order valence-electron chi connectivity index (χ0n) is 5.47. The lowest BCUT2D eigenvalue weighted by Crippen LogP contribution is -2.20. The van der Waals surface area contributed by atoms with Crippen molar-refractivity contribution in [3.8, 4) is 11.8 Å². The van der Waals surface area contributed by atoms with E-state index in [2.05, 4.69) is 5.32 Å². The van der Waals surface area contributed by atoms with Crippen molar-refractivity contribution < 1.29 is 14.7 Å². The lowest BCUT2D eigenvalue weighted by atomic mass is 10.5. The van der Waals surface area contributed by atoms with Crippen molar-refractivity contribution in [1.82, 2.24) is 5.32 Å². The average Bonchev–Trinajstić information content (AvgIpc) is 1.85. The van der Waals surface area contributed by atoms with Crippen molar-refractivity contribution in [3.05, 3.63) is 0 Å². The molecule has 0 fully saturated rings. The van der Waals surface area contributed by atoms with Gasteiger partial charge in [-0.05, 0) is 6.92 Å². The second-order valence-corrected chi connectivity index (χ2v) is 1.41. The number of rotatable bonds is 1. The van der Waals surface area contributed by atoms with Crippen LogP contribution in [0.15, 0.2) is 0 Å². The molecule has 0 unspecified atom stereocenters. The van der Waals surface area contributed by atoms with Gasteiger partial charge in [-0.25, -0.2) is 4.79 Å². The van der Waals surface area contributed by atoms with Crippen LogP contribution in [-0.2, 0) is 9.59 Å². The van der Waals surface area contributed by atoms with Gasteiger partial charge in [0.15, 0.2) is 0 Å². The molecule has 4 nitrogen and oxygen atoms in total. The molecule has 0 rings (SSSR count). The van der Waals surface area contributed by atoms with E-state index in [-0.39, 0.29) is 0 Å². The molecule has 4 heteroatoms. The second kappa shape index (κ2) is 4.39. The van der Waals surface area contributed by atoms with E-state index in [1.54, 1.807) is 12.8 Å². The molecule has 0 aliphatic rings. The first-order valence-electron chi connectivity index (χ1n) is 2.69. The van der Waals surface area contributed by atoms with E-state index in [9.17, 15) is 9.59 Å². The molecule has 0 saturated carbocycles. The normalized spacial score (nSPS) is 7.30. The number of hydrogen-bond acceptors (Lipinski definition) is 2. The lowest BCUT2D eigenvalue weighted by molar-refractivity contribution is -0.130. The van der Waals surface area contributed by atoms with Gasteiger partial charge < -0.3 is 10.4 Å². The summed E-state index contributed by atoms with van der Waals surface area (Å²) < 4.78 is 0. The number of amides is 1. The summed E-state index contributed by atoms with van der Waals surface area (Å²) in [6, 6.07) is 0. The number of carboxylic acids is 1. The first-order chi connectivity index (χ1) is 4.66.